The number of nitrogens with one attached hydrogen (secondary N) is 2. The van der Waals surface area contributed by atoms with E-state index in [0.717, 1.165) is 0 Å². The Labute approximate surface area is 178 Å². The van der Waals surface area contributed by atoms with Crippen molar-refractivity contribution in [1.82, 2.24) is 24.6 Å². The summed E-state index contributed by atoms with van der Waals surface area (Å²) in [5, 5.41) is 12.5. The molecule has 2 N–H and O–H groups in total. The average molecular weight is 440 g/mol. The minimum absolute atomic E-state index is 0.0327. The van der Waals surface area contributed by atoms with Crippen LogP contribution in [-0.2, 0) is 10.0 Å². The molecule has 1 fully saturated rings. The lowest BCUT2D eigenvalue weighted by Crippen LogP contribution is -2.46. The van der Waals surface area contributed by atoms with Gasteiger partial charge in [-0.2, -0.15) is 9.57 Å². The Hall–Kier alpha value is -3.33. The highest BCUT2D eigenvalue weighted by Gasteiger charge is 2.27. The van der Waals surface area contributed by atoms with Gasteiger partial charge in [-0.3, -0.25) is 4.79 Å². The monoisotopic (exact) mass is 440 g/mol. The molecular weight excluding hydrogens is 420 g/mol. The summed E-state index contributed by atoms with van der Waals surface area (Å²) in [6.45, 7) is 4.02. The molecule has 1 aromatic carbocycles. The Morgan fingerprint density at radius 3 is 2.71 bits per heavy atom. The van der Waals surface area contributed by atoms with Crippen LogP contribution in [0.3, 0.4) is 0 Å². The molecule has 3 aromatic rings. The highest BCUT2D eigenvalue weighted by Crippen LogP contribution is 2.32. The van der Waals surface area contributed by atoms with Crippen molar-refractivity contribution in [3.05, 3.63) is 46.4 Å². The predicted molar refractivity (Wildman–Crippen MR) is 113 cm³/mol. The highest BCUT2D eigenvalue weighted by molar-refractivity contribution is 7.89. The Morgan fingerprint density at radius 2 is 2.00 bits per heavy atom. The van der Waals surface area contributed by atoms with Crippen molar-refractivity contribution in [1.29, 1.82) is 5.26 Å². The largest absolute Gasteiger partial charge is 0.493 e. The van der Waals surface area contributed by atoms with Crippen molar-refractivity contribution in [3.8, 4) is 23.2 Å². The number of pyridine rings is 1. The number of nitriles is 1. The molecule has 1 saturated heterocycles. The lowest BCUT2D eigenvalue weighted by molar-refractivity contribution is 0.341. The molecule has 0 radical (unpaired) electrons. The van der Waals surface area contributed by atoms with E-state index in [4.69, 9.17) is 4.74 Å². The summed E-state index contributed by atoms with van der Waals surface area (Å²) in [6.07, 6.45) is 1.36. The van der Waals surface area contributed by atoms with Crippen LogP contribution in [0.2, 0.25) is 0 Å². The molecule has 31 heavy (non-hydrogen) atoms. The van der Waals surface area contributed by atoms with Crippen LogP contribution < -0.4 is 15.6 Å². The van der Waals surface area contributed by atoms with Gasteiger partial charge in [-0.25, -0.2) is 18.4 Å². The van der Waals surface area contributed by atoms with E-state index >= 15 is 0 Å². The van der Waals surface area contributed by atoms with Gasteiger partial charge >= 0.3 is 0 Å². The Kier molecular flexibility index (Phi) is 5.69. The molecule has 160 valence electrons. The fourth-order valence-corrected chi connectivity index (χ4v) is 4.90. The number of ether oxygens (including phenoxy) is 1. The molecule has 0 amide bonds. The molecule has 0 unspecified atom stereocenters. The quantitative estimate of drug-likeness (QED) is 0.595. The second-order valence-corrected chi connectivity index (χ2v) is 8.77. The number of nitrogens with zero attached hydrogens (tertiary/aromatic N) is 4. The van der Waals surface area contributed by atoms with Crippen molar-refractivity contribution >= 4 is 21.1 Å². The van der Waals surface area contributed by atoms with Crippen LogP contribution in [0, 0.1) is 11.3 Å². The van der Waals surface area contributed by atoms with E-state index in [2.05, 4.69) is 20.3 Å². The first-order chi connectivity index (χ1) is 15.0. The first kappa shape index (κ1) is 20.9. The molecule has 3 heterocycles. The third-order valence-corrected chi connectivity index (χ3v) is 6.83. The second-order valence-electron chi connectivity index (χ2n) is 6.83. The standard InChI is InChI=1S/C20H20N6O4S/c1-2-30-16-4-3-14(31(28,29)26-9-7-22-8-10-26)11-15(16)19-24-17-13(12-21)5-6-23-18(17)20(27)25-19/h3-6,11,22H,2,7-10H2,1H3,(H,24,25,27). The number of sulfonamides is 1. The van der Waals surface area contributed by atoms with Crippen molar-refractivity contribution in [2.75, 3.05) is 32.8 Å². The number of hydrogen-bond donors (Lipinski definition) is 2. The smallest absolute Gasteiger partial charge is 0.277 e. The number of H-pyrrole nitrogens is 1. The topological polar surface area (TPSA) is 141 Å². The SMILES string of the molecule is CCOc1ccc(S(=O)(=O)N2CCNCC2)cc1-c1nc2c(C#N)ccnc2c(=O)[nH]1. The van der Waals surface area contributed by atoms with Crippen LogP contribution in [0.25, 0.3) is 22.4 Å². The molecule has 11 heteroatoms. The average Bonchev–Trinajstić information content (AvgIpc) is 2.79. The fraction of sp³-hybridized carbons (Fsp3) is 0.300. The van der Waals surface area contributed by atoms with Crippen LogP contribution >= 0.6 is 0 Å². The number of fused-ring (bicyclic) bond motifs is 1. The normalized spacial score (nSPS) is 15.0. The third-order valence-electron chi connectivity index (χ3n) is 4.94. The van der Waals surface area contributed by atoms with Crippen LogP contribution in [0.5, 0.6) is 5.75 Å². The Balaban J connectivity index is 1.90. The maximum atomic E-state index is 13.1. The van der Waals surface area contributed by atoms with Crippen molar-refractivity contribution in [2.45, 2.75) is 11.8 Å². The minimum atomic E-state index is -3.74. The van der Waals surface area contributed by atoms with Gasteiger partial charge in [0, 0.05) is 32.4 Å². The van der Waals surface area contributed by atoms with Crippen LogP contribution in [0.15, 0.2) is 40.2 Å². The van der Waals surface area contributed by atoms with Gasteiger partial charge in [-0.05, 0) is 31.2 Å². The predicted octanol–water partition coefficient (Wildman–Crippen LogP) is 0.849. The minimum Gasteiger partial charge on any atom is -0.493 e. The highest BCUT2D eigenvalue weighted by atomic mass is 32.2. The molecule has 0 bridgehead atoms. The van der Waals surface area contributed by atoms with Gasteiger partial charge in [-0.15, -0.1) is 0 Å². The van der Waals surface area contributed by atoms with Gasteiger partial charge < -0.3 is 15.0 Å². The van der Waals surface area contributed by atoms with E-state index in [-0.39, 0.29) is 27.3 Å². The van der Waals surface area contributed by atoms with Gasteiger partial charge in [0.25, 0.3) is 5.56 Å². The number of hydrogen-bond acceptors (Lipinski definition) is 8. The third kappa shape index (κ3) is 3.88. The molecule has 10 nitrogen and oxygen atoms in total. The van der Waals surface area contributed by atoms with Crippen molar-refractivity contribution in [3.63, 3.8) is 0 Å². The van der Waals surface area contributed by atoms with Gasteiger partial charge in [0.2, 0.25) is 10.0 Å². The van der Waals surface area contributed by atoms with Crippen molar-refractivity contribution < 1.29 is 13.2 Å². The molecule has 1 aliphatic heterocycles. The molecular formula is C20H20N6O4S. The zero-order valence-corrected chi connectivity index (χ0v) is 17.6. The van der Waals surface area contributed by atoms with Gasteiger partial charge in [-0.1, -0.05) is 0 Å². The number of rotatable bonds is 5. The maximum absolute atomic E-state index is 13.1. The summed E-state index contributed by atoms with van der Waals surface area (Å²) in [6, 6.07) is 7.93. The number of aromatic amines is 1. The fourth-order valence-electron chi connectivity index (χ4n) is 3.43. The molecule has 0 saturated carbocycles. The zero-order chi connectivity index (χ0) is 22.0. The lowest BCUT2D eigenvalue weighted by atomic mass is 10.1. The first-order valence-electron chi connectivity index (χ1n) is 9.73. The maximum Gasteiger partial charge on any atom is 0.277 e. The molecule has 0 spiro atoms. The number of piperazine rings is 1. The van der Waals surface area contributed by atoms with E-state index in [0.29, 0.717) is 44.1 Å². The van der Waals surface area contributed by atoms with Crippen LogP contribution in [0.1, 0.15) is 12.5 Å². The summed E-state index contributed by atoms with van der Waals surface area (Å²) >= 11 is 0. The number of benzene rings is 1. The summed E-state index contributed by atoms with van der Waals surface area (Å²) in [7, 11) is -3.74. The van der Waals surface area contributed by atoms with Gasteiger partial charge in [0.1, 0.15) is 23.2 Å². The zero-order valence-electron chi connectivity index (χ0n) is 16.8. The van der Waals surface area contributed by atoms with E-state index < -0.39 is 15.6 Å². The lowest BCUT2D eigenvalue weighted by Gasteiger charge is -2.26. The molecule has 0 aliphatic carbocycles. The van der Waals surface area contributed by atoms with Gasteiger partial charge in [0.05, 0.1) is 22.6 Å². The van der Waals surface area contributed by atoms with Crippen LogP contribution in [-0.4, -0.2) is 60.5 Å². The Morgan fingerprint density at radius 1 is 1.23 bits per heavy atom. The van der Waals surface area contributed by atoms with Crippen molar-refractivity contribution in [2.24, 2.45) is 0 Å². The summed E-state index contributed by atoms with van der Waals surface area (Å²) in [5.74, 6) is 0.467. The molecule has 2 aromatic heterocycles. The molecule has 1 aliphatic rings. The molecule has 0 atom stereocenters. The second kappa shape index (κ2) is 8.43. The first-order valence-corrected chi connectivity index (χ1v) is 11.2. The summed E-state index contributed by atoms with van der Waals surface area (Å²) in [5.41, 5.74) is 0.145. The van der Waals surface area contributed by atoms with E-state index in [1.54, 1.807) is 13.0 Å². The van der Waals surface area contributed by atoms with E-state index in [1.165, 1.54) is 28.7 Å². The van der Waals surface area contributed by atoms with E-state index in [9.17, 15) is 18.5 Å². The number of aromatic nitrogens is 3. The van der Waals surface area contributed by atoms with E-state index in [1.807, 2.05) is 6.07 Å². The molecule has 4 rings (SSSR count). The summed E-state index contributed by atoms with van der Waals surface area (Å²) < 4.78 is 33.3. The summed E-state index contributed by atoms with van der Waals surface area (Å²) in [4.78, 5) is 23.7. The van der Waals surface area contributed by atoms with Crippen LogP contribution in [0.4, 0.5) is 0 Å². The van der Waals surface area contributed by atoms with Gasteiger partial charge in [0.15, 0.2) is 5.52 Å². The Bertz CT molecular complexity index is 1340.